The van der Waals surface area contributed by atoms with E-state index >= 15 is 0 Å². The van der Waals surface area contributed by atoms with E-state index in [1.165, 1.54) is 11.1 Å². The van der Waals surface area contributed by atoms with Crippen LogP contribution >= 0.6 is 24.0 Å². The number of aryl methyl sites for hydroxylation is 1. The Morgan fingerprint density at radius 3 is 2.71 bits per heavy atom. The van der Waals surface area contributed by atoms with Gasteiger partial charge >= 0.3 is 0 Å². The van der Waals surface area contributed by atoms with Crippen LogP contribution in [-0.2, 0) is 17.7 Å². The number of halogens is 1. The van der Waals surface area contributed by atoms with E-state index in [9.17, 15) is 0 Å². The summed E-state index contributed by atoms with van der Waals surface area (Å²) >= 11 is 0. The largest absolute Gasteiger partial charge is 0.494 e. The van der Waals surface area contributed by atoms with Crippen LogP contribution in [0.3, 0.4) is 0 Å². The number of benzene rings is 2. The Labute approximate surface area is 202 Å². The molecule has 1 heterocycles. The molecule has 2 aromatic carbocycles. The lowest BCUT2D eigenvalue weighted by Crippen LogP contribution is -2.38. The topological polar surface area (TPSA) is 64.1 Å². The molecule has 2 N–H and O–H groups in total. The third kappa shape index (κ3) is 7.88. The zero-order chi connectivity index (χ0) is 21.2. The van der Waals surface area contributed by atoms with Crippen molar-refractivity contribution in [2.45, 2.75) is 39.3 Å². The minimum absolute atomic E-state index is 0. The second-order valence-corrected chi connectivity index (χ2v) is 7.36. The van der Waals surface area contributed by atoms with Crippen LogP contribution in [0.5, 0.6) is 11.5 Å². The van der Waals surface area contributed by atoms with Crippen molar-refractivity contribution in [2.75, 3.05) is 33.4 Å². The molecule has 6 nitrogen and oxygen atoms in total. The van der Waals surface area contributed by atoms with Crippen molar-refractivity contribution in [3.63, 3.8) is 0 Å². The highest BCUT2D eigenvalue weighted by molar-refractivity contribution is 14.0. The molecule has 3 rings (SSSR count). The third-order valence-corrected chi connectivity index (χ3v) is 5.03. The standard InChI is InChI=1S/C24H33N3O3.HI/c1-4-29-22-8-6-5-7-19(22)11-13-26-24(25-3)27-16-20-10-9-18(2)15-23(20)30-21-12-14-28-17-21;/h5-10,15,21H,4,11-14,16-17H2,1-3H3,(H2,25,26,27);1H. The van der Waals surface area contributed by atoms with Crippen LogP contribution < -0.4 is 20.1 Å². The highest BCUT2D eigenvalue weighted by Crippen LogP contribution is 2.24. The lowest BCUT2D eigenvalue weighted by molar-refractivity contribution is 0.140. The molecule has 170 valence electrons. The van der Waals surface area contributed by atoms with Crippen molar-refractivity contribution < 1.29 is 14.2 Å². The van der Waals surface area contributed by atoms with Gasteiger partial charge < -0.3 is 24.8 Å². The average Bonchev–Trinajstić information content (AvgIpc) is 3.26. The van der Waals surface area contributed by atoms with Gasteiger partial charge in [-0.05, 0) is 43.5 Å². The third-order valence-electron chi connectivity index (χ3n) is 5.03. The molecule has 0 bridgehead atoms. The van der Waals surface area contributed by atoms with Crippen LogP contribution in [0.25, 0.3) is 0 Å². The van der Waals surface area contributed by atoms with Crippen LogP contribution in [0, 0.1) is 6.92 Å². The highest BCUT2D eigenvalue weighted by atomic mass is 127. The van der Waals surface area contributed by atoms with E-state index in [1.807, 2.05) is 25.1 Å². The van der Waals surface area contributed by atoms with E-state index in [0.717, 1.165) is 49.0 Å². The number of aliphatic imine (C=N–C) groups is 1. The number of nitrogens with zero attached hydrogens (tertiary/aromatic N) is 1. The molecule has 1 atom stereocenters. The van der Waals surface area contributed by atoms with Crippen LogP contribution in [0.4, 0.5) is 0 Å². The zero-order valence-corrected chi connectivity index (χ0v) is 21.0. The van der Waals surface area contributed by atoms with Gasteiger partial charge in [0.25, 0.3) is 0 Å². The van der Waals surface area contributed by atoms with Crippen molar-refractivity contribution in [3.8, 4) is 11.5 Å². The number of ether oxygens (including phenoxy) is 3. The molecular weight excluding hydrogens is 505 g/mol. The SMILES string of the molecule is CCOc1ccccc1CCNC(=NC)NCc1ccc(C)cc1OC1CCOC1.I. The number of guanidine groups is 1. The molecular formula is C24H34IN3O3. The second-order valence-electron chi connectivity index (χ2n) is 7.36. The van der Waals surface area contributed by atoms with Crippen molar-refractivity contribution >= 4 is 29.9 Å². The van der Waals surface area contributed by atoms with Gasteiger partial charge in [-0.1, -0.05) is 30.3 Å². The van der Waals surface area contributed by atoms with Crippen LogP contribution in [0.15, 0.2) is 47.5 Å². The summed E-state index contributed by atoms with van der Waals surface area (Å²) in [6.07, 6.45) is 1.93. The van der Waals surface area contributed by atoms with Gasteiger partial charge in [-0.3, -0.25) is 4.99 Å². The number of para-hydroxylation sites is 1. The summed E-state index contributed by atoms with van der Waals surface area (Å²) in [5.41, 5.74) is 3.48. The smallest absolute Gasteiger partial charge is 0.191 e. The summed E-state index contributed by atoms with van der Waals surface area (Å²) in [6, 6.07) is 14.5. The molecule has 1 unspecified atom stereocenters. The number of nitrogens with one attached hydrogen (secondary N) is 2. The summed E-state index contributed by atoms with van der Waals surface area (Å²) in [5.74, 6) is 2.63. The monoisotopic (exact) mass is 539 g/mol. The highest BCUT2D eigenvalue weighted by Gasteiger charge is 2.18. The molecule has 0 spiro atoms. The Morgan fingerprint density at radius 2 is 1.97 bits per heavy atom. The van der Waals surface area contributed by atoms with Gasteiger partial charge in [-0.25, -0.2) is 0 Å². The summed E-state index contributed by atoms with van der Waals surface area (Å²) in [7, 11) is 1.78. The Morgan fingerprint density at radius 1 is 1.13 bits per heavy atom. The molecule has 0 aliphatic carbocycles. The average molecular weight is 539 g/mol. The molecule has 1 aliphatic heterocycles. The summed E-state index contributed by atoms with van der Waals surface area (Å²) in [4.78, 5) is 4.35. The van der Waals surface area contributed by atoms with Crippen molar-refractivity contribution in [1.29, 1.82) is 0 Å². The summed E-state index contributed by atoms with van der Waals surface area (Å²) in [5, 5.41) is 6.78. The van der Waals surface area contributed by atoms with Gasteiger partial charge in [0.05, 0.1) is 19.8 Å². The van der Waals surface area contributed by atoms with Crippen LogP contribution in [0.1, 0.15) is 30.0 Å². The van der Waals surface area contributed by atoms with Crippen molar-refractivity contribution in [2.24, 2.45) is 4.99 Å². The summed E-state index contributed by atoms with van der Waals surface area (Å²) in [6.45, 7) is 7.58. The van der Waals surface area contributed by atoms with Gasteiger partial charge in [0.1, 0.15) is 17.6 Å². The van der Waals surface area contributed by atoms with Crippen LogP contribution in [-0.4, -0.2) is 45.5 Å². The fourth-order valence-corrected chi connectivity index (χ4v) is 3.42. The Hall–Kier alpha value is -2.00. The van der Waals surface area contributed by atoms with E-state index < -0.39 is 0 Å². The van der Waals surface area contributed by atoms with E-state index in [2.05, 4.69) is 46.8 Å². The molecule has 1 fully saturated rings. The first-order valence-corrected chi connectivity index (χ1v) is 10.7. The van der Waals surface area contributed by atoms with Gasteiger partial charge in [0, 0.05) is 32.1 Å². The van der Waals surface area contributed by atoms with E-state index in [4.69, 9.17) is 14.2 Å². The fraction of sp³-hybridized carbons (Fsp3) is 0.458. The molecule has 31 heavy (non-hydrogen) atoms. The predicted molar refractivity (Wildman–Crippen MR) is 136 cm³/mol. The van der Waals surface area contributed by atoms with Gasteiger partial charge in [-0.2, -0.15) is 0 Å². The first kappa shape index (κ1) is 25.3. The maximum atomic E-state index is 6.19. The molecule has 0 amide bonds. The maximum absolute atomic E-state index is 6.19. The van der Waals surface area contributed by atoms with Crippen molar-refractivity contribution in [1.82, 2.24) is 10.6 Å². The Bertz CT molecular complexity index is 839. The Balaban J connectivity index is 0.00000341. The maximum Gasteiger partial charge on any atom is 0.191 e. The zero-order valence-electron chi connectivity index (χ0n) is 18.6. The van der Waals surface area contributed by atoms with E-state index in [1.54, 1.807) is 7.05 Å². The van der Waals surface area contributed by atoms with E-state index in [-0.39, 0.29) is 30.1 Å². The molecule has 0 radical (unpaired) electrons. The van der Waals surface area contributed by atoms with Gasteiger partial charge in [-0.15, -0.1) is 24.0 Å². The van der Waals surface area contributed by atoms with Crippen molar-refractivity contribution in [3.05, 3.63) is 59.2 Å². The summed E-state index contributed by atoms with van der Waals surface area (Å²) < 4.78 is 17.3. The van der Waals surface area contributed by atoms with Gasteiger partial charge in [0.2, 0.25) is 0 Å². The first-order chi connectivity index (χ1) is 14.7. The number of hydrogen-bond acceptors (Lipinski definition) is 4. The predicted octanol–water partition coefficient (Wildman–Crippen LogP) is 4.09. The fourth-order valence-electron chi connectivity index (χ4n) is 3.42. The molecule has 0 saturated carbocycles. The molecule has 1 aliphatic rings. The molecule has 1 saturated heterocycles. The Kier molecular flexibility index (Phi) is 10.9. The molecule has 7 heteroatoms. The van der Waals surface area contributed by atoms with Crippen LogP contribution in [0.2, 0.25) is 0 Å². The second kappa shape index (κ2) is 13.4. The quantitative estimate of drug-likeness (QED) is 0.286. The lowest BCUT2D eigenvalue weighted by Gasteiger charge is -2.18. The molecule has 2 aromatic rings. The minimum atomic E-state index is 0. The number of rotatable bonds is 9. The van der Waals surface area contributed by atoms with E-state index in [0.29, 0.717) is 19.8 Å². The van der Waals surface area contributed by atoms with Gasteiger partial charge in [0.15, 0.2) is 5.96 Å². The number of hydrogen-bond donors (Lipinski definition) is 2. The lowest BCUT2D eigenvalue weighted by atomic mass is 10.1. The first-order valence-electron chi connectivity index (χ1n) is 10.7. The molecule has 0 aromatic heterocycles. The minimum Gasteiger partial charge on any atom is -0.494 e. The normalized spacial score (nSPS) is 15.8.